The Morgan fingerprint density at radius 2 is 1.48 bits per heavy atom. The molecule has 1 saturated carbocycles. The van der Waals surface area contributed by atoms with Crippen LogP contribution in [0.3, 0.4) is 0 Å². The molecule has 0 atom stereocenters. The molecule has 1 fully saturated rings. The number of hydrogen-bond donors (Lipinski definition) is 0. The minimum absolute atomic E-state index is 0.269. The van der Waals surface area contributed by atoms with E-state index in [-0.39, 0.29) is 5.41 Å². The first-order valence-corrected chi connectivity index (χ1v) is 14.2. The van der Waals surface area contributed by atoms with Gasteiger partial charge < -0.3 is 9.33 Å². The highest BCUT2D eigenvalue weighted by molar-refractivity contribution is 6.74. The zero-order valence-corrected chi connectivity index (χ0v) is 20.6. The van der Waals surface area contributed by atoms with Gasteiger partial charge >= 0.3 is 0 Å². The molecule has 27 heavy (non-hydrogen) atoms. The molecular weight excluding hydrogens is 350 g/mol. The van der Waals surface area contributed by atoms with Crippen LogP contribution < -0.4 is 0 Å². The summed E-state index contributed by atoms with van der Waals surface area (Å²) in [4.78, 5) is 15.2. The van der Waals surface area contributed by atoms with Crippen LogP contribution >= 0.6 is 0 Å². The van der Waals surface area contributed by atoms with Gasteiger partial charge in [0, 0.05) is 24.6 Å². The summed E-state index contributed by atoms with van der Waals surface area (Å²) in [7, 11) is -1.60. The third-order valence-electron chi connectivity index (χ3n) is 6.48. The molecule has 0 aliphatic heterocycles. The Labute approximate surface area is 170 Å². The van der Waals surface area contributed by atoms with Crippen molar-refractivity contribution in [3.05, 3.63) is 0 Å². The maximum atomic E-state index is 12.9. The van der Waals surface area contributed by atoms with Gasteiger partial charge in [0.25, 0.3) is 0 Å². The van der Waals surface area contributed by atoms with Gasteiger partial charge in [-0.25, -0.2) is 0 Å². The second-order valence-corrected chi connectivity index (χ2v) is 15.9. The number of unbranched alkanes of at least 4 members (excludes halogenated alkanes) is 3. The van der Waals surface area contributed by atoms with Crippen molar-refractivity contribution >= 4 is 14.2 Å². The molecule has 0 saturated heterocycles. The van der Waals surface area contributed by atoms with Crippen molar-refractivity contribution in [2.45, 2.75) is 124 Å². The average molecular weight is 398 g/mol. The molecule has 0 aromatic carbocycles. The van der Waals surface area contributed by atoms with Gasteiger partial charge in [0.2, 0.25) is 5.91 Å². The van der Waals surface area contributed by atoms with Crippen LogP contribution in [0.2, 0.25) is 18.1 Å². The molecule has 1 rings (SSSR count). The monoisotopic (exact) mass is 397 g/mol. The molecule has 0 aromatic heterocycles. The van der Waals surface area contributed by atoms with Crippen LogP contribution in [0.25, 0.3) is 0 Å². The Kier molecular flexibility index (Phi) is 9.54. The summed E-state index contributed by atoms with van der Waals surface area (Å²) >= 11 is 0. The van der Waals surface area contributed by atoms with E-state index in [9.17, 15) is 4.79 Å². The fourth-order valence-corrected chi connectivity index (χ4v) is 4.64. The Morgan fingerprint density at radius 1 is 0.926 bits per heavy atom. The Bertz CT molecular complexity index is 442. The van der Waals surface area contributed by atoms with Gasteiger partial charge in [-0.1, -0.05) is 73.6 Å². The van der Waals surface area contributed by atoms with Crippen LogP contribution in [-0.2, 0) is 9.22 Å². The smallest absolute Gasteiger partial charge is 0.228 e. The summed E-state index contributed by atoms with van der Waals surface area (Å²) < 4.78 is 6.27. The van der Waals surface area contributed by atoms with E-state index < -0.39 is 8.32 Å². The molecule has 1 aliphatic carbocycles. The Morgan fingerprint density at radius 3 is 2.00 bits per heavy atom. The van der Waals surface area contributed by atoms with E-state index in [1.54, 1.807) is 0 Å². The van der Waals surface area contributed by atoms with E-state index in [2.05, 4.69) is 59.5 Å². The van der Waals surface area contributed by atoms with E-state index in [0.29, 0.717) is 17.0 Å². The van der Waals surface area contributed by atoms with Crippen molar-refractivity contribution in [1.29, 1.82) is 0 Å². The maximum absolute atomic E-state index is 12.9. The van der Waals surface area contributed by atoms with Crippen LogP contribution in [0.5, 0.6) is 0 Å². The van der Waals surface area contributed by atoms with Gasteiger partial charge in [0.05, 0.1) is 0 Å². The predicted molar refractivity (Wildman–Crippen MR) is 120 cm³/mol. The quantitative estimate of drug-likeness (QED) is 0.317. The molecule has 4 heteroatoms. The highest BCUT2D eigenvalue weighted by atomic mass is 28.4. The normalized spacial score (nSPS) is 17.2. The summed E-state index contributed by atoms with van der Waals surface area (Å²) in [5.41, 5.74) is -0.269. The summed E-state index contributed by atoms with van der Waals surface area (Å²) in [6, 6.07) is 0.479. The second-order valence-electron chi connectivity index (χ2n) is 11.1. The van der Waals surface area contributed by atoms with Crippen LogP contribution in [0.4, 0.5) is 0 Å². The standard InChI is InChI=1S/C23H47NO2Si/c1-22(2,3)21(25)24(20-16-12-11-13-17-20)18-14-9-10-15-19-26-27(7,8)23(4,5)6/h20H,9-19H2,1-8H3. The summed E-state index contributed by atoms with van der Waals surface area (Å²) in [5, 5.41) is 0.292. The predicted octanol–water partition coefficient (Wildman–Crippen LogP) is 6.78. The number of carbonyl (C=O) groups excluding carboxylic acids is 1. The third-order valence-corrected chi connectivity index (χ3v) is 11.0. The molecule has 0 heterocycles. The first kappa shape index (κ1) is 24.7. The molecule has 3 nitrogen and oxygen atoms in total. The SMILES string of the molecule is CC(C)(C)C(=O)N(CCCCCCO[Si](C)(C)C(C)(C)C)C1CCCCC1. The van der Waals surface area contributed by atoms with Gasteiger partial charge in [-0.15, -0.1) is 0 Å². The fraction of sp³-hybridized carbons (Fsp3) is 0.957. The number of hydrogen-bond acceptors (Lipinski definition) is 2. The lowest BCUT2D eigenvalue weighted by Gasteiger charge is -2.38. The van der Waals surface area contributed by atoms with Crippen molar-refractivity contribution in [1.82, 2.24) is 4.90 Å². The van der Waals surface area contributed by atoms with E-state index in [1.807, 2.05) is 0 Å². The topological polar surface area (TPSA) is 29.5 Å². The van der Waals surface area contributed by atoms with E-state index in [1.165, 1.54) is 44.9 Å². The van der Waals surface area contributed by atoms with Crippen LogP contribution in [0.1, 0.15) is 99.3 Å². The second kappa shape index (κ2) is 10.4. The molecule has 0 N–H and O–H groups in total. The first-order chi connectivity index (χ1) is 12.4. The third kappa shape index (κ3) is 8.27. The van der Waals surface area contributed by atoms with E-state index in [0.717, 1.165) is 26.0 Å². The molecule has 160 valence electrons. The molecule has 0 unspecified atom stereocenters. The summed E-state index contributed by atoms with van der Waals surface area (Å²) in [6.07, 6.45) is 11.0. The number of carbonyl (C=O) groups is 1. The zero-order valence-electron chi connectivity index (χ0n) is 19.6. The van der Waals surface area contributed by atoms with Crippen molar-refractivity contribution in [2.24, 2.45) is 5.41 Å². The van der Waals surface area contributed by atoms with Crippen molar-refractivity contribution < 1.29 is 9.22 Å². The lowest BCUT2D eigenvalue weighted by Crippen LogP contribution is -2.47. The van der Waals surface area contributed by atoms with Crippen molar-refractivity contribution in [3.8, 4) is 0 Å². The molecule has 1 aliphatic rings. The number of amides is 1. The van der Waals surface area contributed by atoms with E-state index >= 15 is 0 Å². The fourth-order valence-electron chi connectivity index (χ4n) is 3.56. The minimum Gasteiger partial charge on any atom is -0.417 e. The summed E-state index contributed by atoms with van der Waals surface area (Å²) in [5.74, 6) is 0.343. The Balaban J connectivity index is 2.36. The van der Waals surface area contributed by atoms with Gasteiger partial charge in [-0.2, -0.15) is 0 Å². The summed E-state index contributed by atoms with van der Waals surface area (Å²) in [6.45, 7) is 19.5. The largest absolute Gasteiger partial charge is 0.417 e. The highest BCUT2D eigenvalue weighted by Gasteiger charge is 2.36. The van der Waals surface area contributed by atoms with E-state index in [4.69, 9.17) is 4.43 Å². The van der Waals surface area contributed by atoms with Gasteiger partial charge in [-0.05, 0) is 43.8 Å². The molecule has 0 aromatic rings. The molecule has 0 spiro atoms. The van der Waals surface area contributed by atoms with Crippen molar-refractivity contribution in [3.63, 3.8) is 0 Å². The molecule has 0 radical (unpaired) electrons. The minimum atomic E-state index is -1.60. The van der Waals surface area contributed by atoms with Gasteiger partial charge in [0.15, 0.2) is 8.32 Å². The van der Waals surface area contributed by atoms with Crippen LogP contribution in [0, 0.1) is 5.41 Å². The lowest BCUT2D eigenvalue weighted by atomic mass is 9.89. The molecular formula is C23H47NO2Si. The maximum Gasteiger partial charge on any atom is 0.228 e. The lowest BCUT2D eigenvalue weighted by molar-refractivity contribution is -0.142. The van der Waals surface area contributed by atoms with Gasteiger partial charge in [0.1, 0.15) is 0 Å². The number of nitrogens with zero attached hydrogens (tertiary/aromatic N) is 1. The highest BCUT2D eigenvalue weighted by Crippen LogP contribution is 2.36. The van der Waals surface area contributed by atoms with Crippen molar-refractivity contribution in [2.75, 3.05) is 13.2 Å². The average Bonchev–Trinajstić information content (AvgIpc) is 2.55. The van der Waals surface area contributed by atoms with Crippen LogP contribution in [-0.4, -0.2) is 38.3 Å². The van der Waals surface area contributed by atoms with Crippen LogP contribution in [0.15, 0.2) is 0 Å². The zero-order chi connectivity index (χ0) is 20.7. The van der Waals surface area contributed by atoms with Gasteiger partial charge in [-0.3, -0.25) is 4.79 Å². The molecule has 0 bridgehead atoms. The first-order valence-electron chi connectivity index (χ1n) is 11.3. The number of rotatable bonds is 9. The Hall–Kier alpha value is -0.353. The molecule has 1 amide bonds.